The third-order valence-electron chi connectivity index (χ3n) is 3.63. The fourth-order valence-corrected chi connectivity index (χ4v) is 2.66. The molecule has 3 N–H and O–H groups in total. The van der Waals surface area contributed by atoms with Gasteiger partial charge in [-0.25, -0.2) is 10.2 Å². The summed E-state index contributed by atoms with van der Waals surface area (Å²) in [4.78, 5) is 12.0. The number of hydrogen-bond acceptors (Lipinski definition) is 3. The minimum absolute atomic E-state index is 0.149. The van der Waals surface area contributed by atoms with Crippen molar-refractivity contribution in [2.45, 2.75) is 0 Å². The predicted molar refractivity (Wildman–Crippen MR) is 98.0 cm³/mol. The number of carbonyl (C=O) groups excluding carboxylic acids is 1. The first-order valence-corrected chi connectivity index (χ1v) is 7.88. The molecule has 126 valence electrons. The number of nitrogens with one attached hydrogen (secondary N) is 2. The highest BCUT2D eigenvalue weighted by molar-refractivity contribution is 6.38. The van der Waals surface area contributed by atoms with E-state index in [2.05, 4.69) is 15.8 Å². The van der Waals surface area contributed by atoms with Gasteiger partial charge >= 0.3 is 6.03 Å². The molecule has 2 aromatic carbocycles. The van der Waals surface area contributed by atoms with Gasteiger partial charge in [0.2, 0.25) is 11.9 Å². The van der Waals surface area contributed by atoms with Crippen molar-refractivity contribution in [2.24, 2.45) is 12.1 Å². The molecule has 2 amide bonds. The molecule has 1 aromatic heterocycles. The summed E-state index contributed by atoms with van der Waals surface area (Å²) in [7, 11) is 1.76. The van der Waals surface area contributed by atoms with Gasteiger partial charge in [0.15, 0.2) is 5.75 Å². The second-order valence-electron chi connectivity index (χ2n) is 5.40. The van der Waals surface area contributed by atoms with Crippen molar-refractivity contribution in [1.29, 1.82) is 0 Å². The van der Waals surface area contributed by atoms with Crippen LogP contribution >= 0.6 is 11.6 Å². The highest BCUT2D eigenvalue weighted by atomic mass is 35.5. The molecule has 0 bridgehead atoms. The molecule has 0 unspecified atom stereocenters. The predicted octanol–water partition coefficient (Wildman–Crippen LogP) is 3.18. The van der Waals surface area contributed by atoms with Crippen LogP contribution in [0.2, 0.25) is 5.02 Å². The van der Waals surface area contributed by atoms with Crippen LogP contribution in [-0.2, 0) is 7.05 Å². The SMILES string of the molecule is C[n+]1cc(O)ccc1C=NNC(=O)Nc1ccc2ccccc2c1Cl. The number of pyridine rings is 1. The Hall–Kier alpha value is -3.12. The van der Waals surface area contributed by atoms with Gasteiger partial charge in [0.25, 0.3) is 0 Å². The second kappa shape index (κ2) is 7.19. The number of rotatable bonds is 3. The summed E-state index contributed by atoms with van der Waals surface area (Å²) in [5, 5.41) is 18.2. The molecule has 0 atom stereocenters. The number of fused-ring (bicyclic) bond motifs is 1. The number of halogens is 1. The lowest BCUT2D eigenvalue weighted by Gasteiger charge is -2.08. The van der Waals surface area contributed by atoms with Crippen molar-refractivity contribution < 1.29 is 14.5 Å². The third-order valence-corrected chi connectivity index (χ3v) is 4.04. The molecule has 0 aliphatic carbocycles. The summed E-state index contributed by atoms with van der Waals surface area (Å²) < 4.78 is 1.68. The highest BCUT2D eigenvalue weighted by Crippen LogP contribution is 2.30. The number of anilines is 1. The summed E-state index contributed by atoms with van der Waals surface area (Å²) in [6.07, 6.45) is 3.01. The van der Waals surface area contributed by atoms with Crippen molar-refractivity contribution in [3.05, 3.63) is 65.4 Å². The number of hydrazone groups is 1. The van der Waals surface area contributed by atoms with E-state index in [-0.39, 0.29) is 5.75 Å². The molecule has 0 aliphatic heterocycles. The monoisotopic (exact) mass is 355 g/mol. The topological polar surface area (TPSA) is 77.6 Å². The Morgan fingerprint density at radius 3 is 2.80 bits per heavy atom. The Morgan fingerprint density at radius 2 is 2.00 bits per heavy atom. The lowest BCUT2D eigenvalue weighted by atomic mass is 10.1. The number of hydrogen-bond donors (Lipinski definition) is 3. The number of benzene rings is 2. The molecule has 6 nitrogen and oxygen atoms in total. The van der Waals surface area contributed by atoms with E-state index in [0.29, 0.717) is 16.4 Å². The summed E-state index contributed by atoms with van der Waals surface area (Å²) in [5.41, 5.74) is 3.59. The number of aromatic hydroxyl groups is 1. The van der Waals surface area contributed by atoms with E-state index >= 15 is 0 Å². The van der Waals surface area contributed by atoms with Gasteiger partial charge in [0.05, 0.1) is 10.7 Å². The molecular weight excluding hydrogens is 340 g/mol. The molecule has 7 heteroatoms. The van der Waals surface area contributed by atoms with E-state index in [4.69, 9.17) is 11.6 Å². The van der Waals surface area contributed by atoms with E-state index < -0.39 is 6.03 Å². The van der Waals surface area contributed by atoms with Gasteiger partial charge < -0.3 is 10.4 Å². The molecule has 0 saturated heterocycles. The lowest BCUT2D eigenvalue weighted by Crippen LogP contribution is -2.33. The van der Waals surface area contributed by atoms with E-state index in [9.17, 15) is 9.90 Å². The zero-order valence-corrected chi connectivity index (χ0v) is 14.2. The Labute approximate surface area is 149 Å². The van der Waals surface area contributed by atoms with Crippen LogP contribution < -0.4 is 15.3 Å². The van der Waals surface area contributed by atoms with Crippen molar-refractivity contribution in [1.82, 2.24) is 5.43 Å². The lowest BCUT2D eigenvalue weighted by molar-refractivity contribution is -0.672. The van der Waals surface area contributed by atoms with Gasteiger partial charge in [-0.2, -0.15) is 9.67 Å². The number of nitrogens with zero attached hydrogens (tertiary/aromatic N) is 2. The Kier molecular flexibility index (Phi) is 4.81. The highest BCUT2D eigenvalue weighted by Gasteiger charge is 2.08. The van der Waals surface area contributed by atoms with Gasteiger partial charge in [-0.15, -0.1) is 0 Å². The average molecular weight is 356 g/mol. The molecular formula is C18H16ClN4O2+. The smallest absolute Gasteiger partial charge is 0.339 e. The van der Waals surface area contributed by atoms with Crippen molar-refractivity contribution in [2.75, 3.05) is 5.32 Å². The molecule has 3 aromatic rings. The minimum atomic E-state index is -0.505. The fourth-order valence-electron chi connectivity index (χ4n) is 2.38. The molecule has 25 heavy (non-hydrogen) atoms. The summed E-state index contributed by atoms with van der Waals surface area (Å²) in [6, 6.07) is 14.0. The van der Waals surface area contributed by atoms with E-state index in [0.717, 1.165) is 10.8 Å². The van der Waals surface area contributed by atoms with Crippen LogP contribution in [0.3, 0.4) is 0 Å². The van der Waals surface area contributed by atoms with Gasteiger partial charge in [-0.05, 0) is 17.5 Å². The molecule has 0 spiro atoms. The molecule has 0 aliphatic rings. The van der Waals surface area contributed by atoms with Crippen LogP contribution in [0, 0.1) is 0 Å². The summed E-state index contributed by atoms with van der Waals surface area (Å²) in [5.74, 6) is 0.149. The number of urea groups is 1. The Morgan fingerprint density at radius 1 is 1.20 bits per heavy atom. The van der Waals surface area contributed by atoms with Gasteiger partial charge in [0.1, 0.15) is 13.3 Å². The first kappa shape index (κ1) is 16.7. The van der Waals surface area contributed by atoms with Crippen molar-refractivity contribution in [3.63, 3.8) is 0 Å². The van der Waals surface area contributed by atoms with Crippen LogP contribution in [0.5, 0.6) is 5.75 Å². The molecule has 3 rings (SSSR count). The number of aryl methyl sites for hydroxylation is 1. The standard InChI is InChI=1S/C18H15ClN4O2/c1-23-11-14(24)8-7-13(23)10-20-22-18(25)21-16-9-6-12-4-2-3-5-15(12)17(16)19/h2-11H,1H3,(H2,21,24,25)/p+1. The molecule has 0 fully saturated rings. The maximum absolute atomic E-state index is 12.0. The van der Waals surface area contributed by atoms with E-state index in [1.165, 1.54) is 18.5 Å². The third kappa shape index (κ3) is 3.87. The van der Waals surface area contributed by atoms with Crippen LogP contribution in [0.4, 0.5) is 10.5 Å². The Balaban J connectivity index is 1.68. The Bertz CT molecular complexity index is 972. The van der Waals surface area contributed by atoms with Crippen molar-refractivity contribution in [3.8, 4) is 5.75 Å². The average Bonchev–Trinajstić information content (AvgIpc) is 2.59. The normalized spacial score (nSPS) is 11.0. The minimum Gasteiger partial charge on any atom is -0.503 e. The molecule has 0 saturated carbocycles. The first-order valence-electron chi connectivity index (χ1n) is 7.50. The van der Waals surface area contributed by atoms with Crippen LogP contribution in [-0.4, -0.2) is 17.4 Å². The zero-order chi connectivity index (χ0) is 17.8. The van der Waals surface area contributed by atoms with Crippen molar-refractivity contribution >= 4 is 40.3 Å². The van der Waals surface area contributed by atoms with E-state index in [1.807, 2.05) is 30.3 Å². The first-order chi connectivity index (χ1) is 12.0. The van der Waals surface area contributed by atoms with Crippen LogP contribution in [0.1, 0.15) is 5.69 Å². The number of carbonyl (C=O) groups is 1. The molecule has 0 radical (unpaired) electrons. The summed E-state index contributed by atoms with van der Waals surface area (Å²) >= 11 is 6.34. The van der Waals surface area contributed by atoms with Gasteiger partial charge in [-0.3, -0.25) is 0 Å². The fraction of sp³-hybridized carbons (Fsp3) is 0.0556. The molecule has 1 heterocycles. The summed E-state index contributed by atoms with van der Waals surface area (Å²) in [6.45, 7) is 0. The number of aromatic nitrogens is 1. The van der Waals surface area contributed by atoms with Crippen LogP contribution in [0.25, 0.3) is 10.8 Å². The van der Waals surface area contributed by atoms with Gasteiger partial charge in [0, 0.05) is 11.5 Å². The maximum Gasteiger partial charge on any atom is 0.339 e. The van der Waals surface area contributed by atoms with Crippen LogP contribution in [0.15, 0.2) is 59.8 Å². The maximum atomic E-state index is 12.0. The zero-order valence-electron chi connectivity index (χ0n) is 13.4. The van der Waals surface area contributed by atoms with Gasteiger partial charge in [-0.1, -0.05) is 41.9 Å². The quantitative estimate of drug-likeness (QED) is 0.383. The second-order valence-corrected chi connectivity index (χ2v) is 5.77. The van der Waals surface area contributed by atoms with E-state index in [1.54, 1.807) is 23.7 Å². The largest absolute Gasteiger partial charge is 0.503 e. The number of amides is 2.